The molecule has 1 nitrogen and oxygen atoms in total. The van der Waals surface area contributed by atoms with Crippen molar-refractivity contribution in [3.05, 3.63) is 36.1 Å². The molecule has 0 saturated carbocycles. The van der Waals surface area contributed by atoms with Crippen molar-refractivity contribution in [2.24, 2.45) is 4.99 Å². The Balaban J connectivity index is 2.39. The lowest BCUT2D eigenvalue weighted by Gasteiger charge is -1.84. The standard InChI is InChI=1S/C9H11N/c1-2-3-4-5-9-6-7-10-8-9/h2-5,7-8H,6H2,1H3/b3-2-,5-4-. The van der Waals surface area contributed by atoms with Crippen LogP contribution in [-0.4, -0.2) is 6.21 Å². The average molecular weight is 133 g/mol. The van der Waals surface area contributed by atoms with E-state index in [1.807, 2.05) is 37.6 Å². The molecule has 0 fully saturated rings. The zero-order valence-electron chi connectivity index (χ0n) is 6.12. The van der Waals surface area contributed by atoms with Crippen molar-refractivity contribution < 1.29 is 0 Å². The van der Waals surface area contributed by atoms with Crippen LogP contribution in [0.3, 0.4) is 0 Å². The number of hydrogen-bond acceptors (Lipinski definition) is 1. The van der Waals surface area contributed by atoms with Crippen molar-refractivity contribution in [1.29, 1.82) is 0 Å². The second-order valence-electron chi connectivity index (χ2n) is 2.12. The minimum atomic E-state index is 0.980. The van der Waals surface area contributed by atoms with Gasteiger partial charge in [-0.25, -0.2) is 0 Å². The topological polar surface area (TPSA) is 12.4 Å². The summed E-state index contributed by atoms with van der Waals surface area (Å²) in [4.78, 5) is 3.98. The average Bonchev–Trinajstić information content (AvgIpc) is 2.41. The SMILES string of the molecule is C/C=C\C=C/C1=CN=CC1. The van der Waals surface area contributed by atoms with E-state index in [0.29, 0.717) is 0 Å². The molecule has 0 unspecified atom stereocenters. The summed E-state index contributed by atoms with van der Waals surface area (Å²) in [6.45, 7) is 2.00. The molecular formula is C9H11N. The lowest BCUT2D eigenvalue weighted by Crippen LogP contribution is -1.70. The second-order valence-corrected chi connectivity index (χ2v) is 2.12. The smallest absolute Gasteiger partial charge is 0.0299 e. The lowest BCUT2D eigenvalue weighted by molar-refractivity contribution is 1.43. The Hall–Kier alpha value is -1.11. The van der Waals surface area contributed by atoms with Crippen LogP contribution in [0.15, 0.2) is 41.1 Å². The molecule has 10 heavy (non-hydrogen) atoms. The highest BCUT2D eigenvalue weighted by Crippen LogP contribution is 2.06. The quantitative estimate of drug-likeness (QED) is 0.513. The zero-order valence-corrected chi connectivity index (χ0v) is 6.12. The van der Waals surface area contributed by atoms with E-state index in [1.54, 1.807) is 0 Å². The Morgan fingerprint density at radius 2 is 2.40 bits per heavy atom. The first kappa shape index (κ1) is 7.00. The van der Waals surface area contributed by atoms with Crippen molar-refractivity contribution in [1.82, 2.24) is 0 Å². The van der Waals surface area contributed by atoms with Gasteiger partial charge < -0.3 is 0 Å². The van der Waals surface area contributed by atoms with E-state index in [2.05, 4.69) is 11.1 Å². The van der Waals surface area contributed by atoms with Crippen molar-refractivity contribution in [3.8, 4) is 0 Å². The van der Waals surface area contributed by atoms with Crippen LogP contribution in [-0.2, 0) is 0 Å². The van der Waals surface area contributed by atoms with Crippen LogP contribution in [0.2, 0.25) is 0 Å². The molecule has 1 aliphatic rings. The van der Waals surface area contributed by atoms with Gasteiger partial charge in [0.1, 0.15) is 0 Å². The molecule has 0 aliphatic carbocycles. The third-order valence-corrected chi connectivity index (χ3v) is 1.29. The predicted octanol–water partition coefficient (Wildman–Crippen LogP) is 2.48. The van der Waals surface area contributed by atoms with Crippen molar-refractivity contribution in [3.63, 3.8) is 0 Å². The van der Waals surface area contributed by atoms with Crippen molar-refractivity contribution >= 4 is 6.21 Å². The van der Waals surface area contributed by atoms with Crippen LogP contribution in [0, 0.1) is 0 Å². The molecule has 0 aromatic heterocycles. The summed E-state index contributed by atoms with van der Waals surface area (Å²) in [7, 11) is 0. The Bertz CT molecular complexity index is 207. The maximum absolute atomic E-state index is 3.98. The predicted molar refractivity (Wildman–Crippen MR) is 45.1 cm³/mol. The summed E-state index contributed by atoms with van der Waals surface area (Å²) in [6.07, 6.45) is 12.9. The molecule has 0 bridgehead atoms. The van der Waals surface area contributed by atoms with E-state index >= 15 is 0 Å². The van der Waals surface area contributed by atoms with Gasteiger partial charge in [0.15, 0.2) is 0 Å². The van der Waals surface area contributed by atoms with E-state index in [9.17, 15) is 0 Å². The van der Waals surface area contributed by atoms with Crippen LogP contribution < -0.4 is 0 Å². The molecule has 1 heteroatoms. The first-order valence-electron chi connectivity index (χ1n) is 3.43. The summed E-state index contributed by atoms with van der Waals surface area (Å²) in [5.74, 6) is 0. The van der Waals surface area contributed by atoms with Gasteiger partial charge >= 0.3 is 0 Å². The number of aliphatic imine (C=N–C) groups is 1. The normalized spacial score (nSPS) is 17.5. The van der Waals surface area contributed by atoms with Gasteiger partial charge in [0.2, 0.25) is 0 Å². The van der Waals surface area contributed by atoms with E-state index in [1.165, 1.54) is 5.57 Å². The summed E-state index contributed by atoms with van der Waals surface area (Å²) in [5, 5.41) is 0. The maximum atomic E-state index is 3.98. The molecule has 1 rings (SSSR count). The molecular weight excluding hydrogens is 122 g/mol. The molecule has 0 saturated heterocycles. The molecule has 0 aromatic carbocycles. The molecule has 1 heterocycles. The van der Waals surface area contributed by atoms with E-state index in [4.69, 9.17) is 0 Å². The first-order chi connectivity index (χ1) is 4.93. The highest BCUT2D eigenvalue weighted by molar-refractivity contribution is 5.66. The Kier molecular flexibility index (Phi) is 2.68. The van der Waals surface area contributed by atoms with Gasteiger partial charge in [0.05, 0.1) is 0 Å². The van der Waals surface area contributed by atoms with Gasteiger partial charge in [-0.15, -0.1) is 0 Å². The van der Waals surface area contributed by atoms with Gasteiger partial charge in [-0.2, -0.15) is 0 Å². The van der Waals surface area contributed by atoms with Crippen LogP contribution in [0.5, 0.6) is 0 Å². The molecule has 0 aromatic rings. The van der Waals surface area contributed by atoms with Gasteiger partial charge in [0, 0.05) is 18.8 Å². The first-order valence-corrected chi connectivity index (χ1v) is 3.43. The maximum Gasteiger partial charge on any atom is 0.0299 e. The highest BCUT2D eigenvalue weighted by Gasteiger charge is 1.92. The van der Waals surface area contributed by atoms with E-state index in [0.717, 1.165) is 6.42 Å². The summed E-state index contributed by atoms with van der Waals surface area (Å²) < 4.78 is 0. The van der Waals surface area contributed by atoms with E-state index < -0.39 is 0 Å². The van der Waals surface area contributed by atoms with Crippen LogP contribution in [0.1, 0.15) is 13.3 Å². The Labute approximate surface area is 61.5 Å². The fourth-order valence-electron chi connectivity index (χ4n) is 0.761. The fraction of sp³-hybridized carbons (Fsp3) is 0.222. The highest BCUT2D eigenvalue weighted by atomic mass is 14.7. The van der Waals surface area contributed by atoms with Crippen LogP contribution in [0.25, 0.3) is 0 Å². The molecule has 52 valence electrons. The summed E-state index contributed by atoms with van der Waals surface area (Å²) in [5.41, 5.74) is 1.28. The molecule has 0 spiro atoms. The second kappa shape index (κ2) is 3.83. The van der Waals surface area contributed by atoms with Crippen LogP contribution in [0.4, 0.5) is 0 Å². The fourth-order valence-corrected chi connectivity index (χ4v) is 0.761. The van der Waals surface area contributed by atoms with Crippen molar-refractivity contribution in [2.45, 2.75) is 13.3 Å². The zero-order chi connectivity index (χ0) is 7.23. The van der Waals surface area contributed by atoms with Gasteiger partial charge in [-0.05, 0) is 12.5 Å². The van der Waals surface area contributed by atoms with Gasteiger partial charge in [0.25, 0.3) is 0 Å². The number of rotatable bonds is 2. The van der Waals surface area contributed by atoms with Gasteiger partial charge in [-0.3, -0.25) is 4.99 Å². The largest absolute Gasteiger partial charge is 0.268 e. The Morgan fingerprint density at radius 3 is 3.00 bits per heavy atom. The third kappa shape index (κ3) is 2.02. The van der Waals surface area contributed by atoms with E-state index in [-0.39, 0.29) is 0 Å². The number of allylic oxidation sites excluding steroid dienone is 5. The summed E-state index contributed by atoms with van der Waals surface area (Å²) >= 11 is 0. The molecule has 0 radical (unpaired) electrons. The van der Waals surface area contributed by atoms with Crippen molar-refractivity contribution in [2.75, 3.05) is 0 Å². The number of hydrogen-bond donors (Lipinski definition) is 0. The Morgan fingerprint density at radius 1 is 1.50 bits per heavy atom. The van der Waals surface area contributed by atoms with Gasteiger partial charge in [-0.1, -0.05) is 24.3 Å². The molecule has 1 aliphatic heterocycles. The number of nitrogens with zero attached hydrogens (tertiary/aromatic N) is 1. The summed E-state index contributed by atoms with van der Waals surface area (Å²) in [6, 6.07) is 0. The molecule has 0 amide bonds. The molecule has 0 N–H and O–H groups in total. The lowest BCUT2D eigenvalue weighted by atomic mass is 10.2. The molecule has 0 atom stereocenters. The van der Waals surface area contributed by atoms with Crippen LogP contribution >= 0.6 is 0 Å². The minimum Gasteiger partial charge on any atom is -0.268 e. The monoisotopic (exact) mass is 133 g/mol. The minimum absolute atomic E-state index is 0.980. The third-order valence-electron chi connectivity index (χ3n) is 1.29.